The highest BCUT2D eigenvalue weighted by molar-refractivity contribution is 7.71. The molecule has 1 fully saturated rings. The van der Waals surface area contributed by atoms with Gasteiger partial charge >= 0.3 is 0 Å². The van der Waals surface area contributed by atoms with Gasteiger partial charge in [0.1, 0.15) is 0 Å². The molecule has 0 bridgehead atoms. The number of nitrogens with zero attached hydrogens (tertiary/aromatic N) is 3. The second kappa shape index (κ2) is 7.98. The van der Waals surface area contributed by atoms with Crippen molar-refractivity contribution in [2.45, 2.75) is 25.9 Å². The summed E-state index contributed by atoms with van der Waals surface area (Å²) < 4.78 is 7.48. The summed E-state index contributed by atoms with van der Waals surface area (Å²) in [6.45, 7) is 2.85. The van der Waals surface area contributed by atoms with E-state index in [-0.39, 0.29) is 0 Å². The molecule has 0 aliphatic carbocycles. The maximum atomic E-state index is 5.68. The molecule has 2 heterocycles. The van der Waals surface area contributed by atoms with Crippen molar-refractivity contribution in [2.24, 2.45) is 5.92 Å². The molecule has 2 aromatic carbocycles. The van der Waals surface area contributed by atoms with Crippen LogP contribution in [-0.2, 0) is 13.1 Å². The Morgan fingerprint density at radius 2 is 1.62 bits per heavy atom. The molecule has 4 nitrogen and oxygen atoms in total. The first kappa shape index (κ1) is 17.2. The van der Waals surface area contributed by atoms with Crippen molar-refractivity contribution in [3.05, 3.63) is 71.1 Å². The van der Waals surface area contributed by atoms with E-state index in [1.807, 2.05) is 30.3 Å². The second-order valence-electron chi connectivity index (χ2n) is 6.93. The van der Waals surface area contributed by atoms with E-state index in [0.717, 1.165) is 24.6 Å². The summed E-state index contributed by atoms with van der Waals surface area (Å²) >= 11 is 5.36. The lowest BCUT2D eigenvalue weighted by molar-refractivity contribution is 0.138. The molecule has 0 unspecified atom stereocenters. The molecule has 1 aromatic heterocycles. The molecule has 0 saturated carbocycles. The number of hydrogen-bond acceptors (Lipinski definition) is 4. The van der Waals surface area contributed by atoms with Crippen molar-refractivity contribution in [3.63, 3.8) is 0 Å². The topological polar surface area (TPSA) is 34.2 Å². The van der Waals surface area contributed by atoms with Gasteiger partial charge < -0.3 is 4.42 Å². The standard InChI is InChI=1S/C21H23N3OS/c26-21-24(22-20(25-21)19-9-5-2-6-10-19)16-23-13-11-18(12-14-23)15-17-7-3-1-4-8-17/h1-10,18H,11-16H2. The third-order valence-electron chi connectivity index (χ3n) is 5.04. The van der Waals surface area contributed by atoms with Crippen LogP contribution in [0.5, 0.6) is 0 Å². The summed E-state index contributed by atoms with van der Waals surface area (Å²) in [7, 11) is 0. The zero-order valence-electron chi connectivity index (χ0n) is 14.8. The van der Waals surface area contributed by atoms with Crippen LogP contribution >= 0.6 is 12.2 Å². The van der Waals surface area contributed by atoms with Crippen LogP contribution in [-0.4, -0.2) is 27.8 Å². The van der Waals surface area contributed by atoms with Gasteiger partial charge in [0.2, 0.25) is 5.89 Å². The van der Waals surface area contributed by atoms with Crippen LogP contribution in [0.4, 0.5) is 0 Å². The van der Waals surface area contributed by atoms with Crippen molar-refractivity contribution < 1.29 is 4.42 Å². The van der Waals surface area contributed by atoms with E-state index in [1.165, 1.54) is 24.8 Å². The monoisotopic (exact) mass is 365 g/mol. The Morgan fingerprint density at radius 1 is 0.962 bits per heavy atom. The molecule has 1 aliphatic heterocycles. The Balaban J connectivity index is 1.35. The lowest BCUT2D eigenvalue weighted by Gasteiger charge is -2.31. The first-order valence-corrected chi connectivity index (χ1v) is 9.58. The van der Waals surface area contributed by atoms with Crippen molar-refractivity contribution in [1.82, 2.24) is 14.7 Å². The molecule has 0 radical (unpaired) electrons. The lowest BCUT2D eigenvalue weighted by atomic mass is 9.90. The maximum Gasteiger partial charge on any atom is 0.288 e. The first-order valence-electron chi connectivity index (χ1n) is 9.17. The van der Waals surface area contributed by atoms with Gasteiger partial charge in [0.15, 0.2) is 0 Å². The first-order chi connectivity index (χ1) is 12.8. The molecule has 5 heteroatoms. The Bertz CT molecular complexity index is 880. The molecule has 1 aliphatic rings. The van der Waals surface area contributed by atoms with E-state index in [2.05, 4.69) is 40.3 Å². The van der Waals surface area contributed by atoms with Gasteiger partial charge in [-0.25, -0.2) is 4.68 Å². The van der Waals surface area contributed by atoms with Gasteiger partial charge in [-0.2, -0.15) is 0 Å². The summed E-state index contributed by atoms with van der Waals surface area (Å²) in [4.78, 5) is 2.85. The van der Waals surface area contributed by atoms with Crippen molar-refractivity contribution in [2.75, 3.05) is 13.1 Å². The third kappa shape index (κ3) is 4.11. The highest BCUT2D eigenvalue weighted by Crippen LogP contribution is 2.23. The van der Waals surface area contributed by atoms with E-state index >= 15 is 0 Å². The number of rotatable bonds is 5. The second-order valence-corrected chi connectivity index (χ2v) is 7.28. The molecule has 4 rings (SSSR count). The maximum absolute atomic E-state index is 5.68. The van der Waals surface area contributed by atoms with E-state index in [1.54, 1.807) is 4.68 Å². The molecule has 134 valence electrons. The molecule has 3 aromatic rings. The van der Waals surface area contributed by atoms with E-state index in [0.29, 0.717) is 17.4 Å². The predicted octanol–water partition coefficient (Wildman–Crippen LogP) is 4.78. The molecular weight excluding hydrogens is 342 g/mol. The van der Waals surface area contributed by atoms with Gasteiger partial charge in [-0.1, -0.05) is 48.5 Å². The highest BCUT2D eigenvalue weighted by Gasteiger charge is 2.20. The van der Waals surface area contributed by atoms with E-state index in [9.17, 15) is 0 Å². The Hall–Kier alpha value is -2.24. The third-order valence-corrected chi connectivity index (χ3v) is 5.33. The Morgan fingerprint density at radius 3 is 2.31 bits per heavy atom. The van der Waals surface area contributed by atoms with Crippen LogP contribution in [0, 0.1) is 10.8 Å². The molecule has 26 heavy (non-hydrogen) atoms. The fourth-order valence-corrected chi connectivity index (χ4v) is 3.74. The van der Waals surface area contributed by atoms with E-state index in [4.69, 9.17) is 16.6 Å². The summed E-state index contributed by atoms with van der Waals surface area (Å²) in [5, 5.41) is 4.57. The van der Waals surface area contributed by atoms with Gasteiger partial charge in [0.05, 0.1) is 6.67 Å². The normalized spacial score (nSPS) is 16.0. The van der Waals surface area contributed by atoms with Crippen molar-refractivity contribution in [3.8, 4) is 11.5 Å². The fourth-order valence-electron chi connectivity index (χ4n) is 3.56. The van der Waals surface area contributed by atoms with Crippen molar-refractivity contribution in [1.29, 1.82) is 0 Å². The molecular formula is C21H23N3OS. The lowest BCUT2D eigenvalue weighted by Crippen LogP contribution is -2.36. The minimum Gasteiger partial charge on any atom is -0.409 e. The average Bonchev–Trinajstić information content (AvgIpc) is 3.05. The number of hydrogen-bond donors (Lipinski definition) is 0. The van der Waals surface area contributed by atoms with E-state index < -0.39 is 0 Å². The van der Waals surface area contributed by atoms with Gasteiger partial charge in [-0.05, 0) is 55.1 Å². The summed E-state index contributed by atoms with van der Waals surface area (Å²) in [5.74, 6) is 1.35. The zero-order chi connectivity index (χ0) is 17.8. The fraction of sp³-hybridized carbons (Fsp3) is 0.333. The Labute approximate surface area is 159 Å². The quantitative estimate of drug-likeness (QED) is 0.609. The number of piperidine rings is 1. The van der Waals surface area contributed by atoms with Crippen molar-refractivity contribution >= 4 is 12.2 Å². The van der Waals surface area contributed by atoms with Crippen LogP contribution < -0.4 is 0 Å². The van der Waals surface area contributed by atoms with Gasteiger partial charge in [-0.15, -0.1) is 5.10 Å². The SMILES string of the molecule is S=c1oc(-c2ccccc2)nn1CN1CCC(Cc2ccccc2)CC1. The predicted molar refractivity (Wildman–Crippen MR) is 105 cm³/mol. The van der Waals surface area contributed by atoms with Crippen LogP contribution in [0.25, 0.3) is 11.5 Å². The largest absolute Gasteiger partial charge is 0.409 e. The zero-order valence-corrected chi connectivity index (χ0v) is 15.6. The molecule has 0 N–H and O–H groups in total. The molecule has 1 saturated heterocycles. The molecule has 0 amide bonds. The van der Waals surface area contributed by atoms with Crippen LogP contribution in [0.1, 0.15) is 18.4 Å². The van der Waals surface area contributed by atoms with Gasteiger partial charge in [0.25, 0.3) is 4.84 Å². The summed E-state index contributed by atoms with van der Waals surface area (Å²) in [5.41, 5.74) is 2.40. The number of aromatic nitrogens is 2. The van der Waals surface area contributed by atoms with Crippen LogP contribution in [0.2, 0.25) is 0 Å². The molecule has 0 spiro atoms. The number of benzene rings is 2. The van der Waals surface area contributed by atoms with Crippen LogP contribution in [0.3, 0.4) is 0 Å². The average molecular weight is 366 g/mol. The summed E-state index contributed by atoms with van der Waals surface area (Å²) in [6, 6.07) is 20.7. The molecule has 0 atom stereocenters. The van der Waals surface area contributed by atoms with Crippen LogP contribution in [0.15, 0.2) is 65.1 Å². The minimum absolute atomic E-state index is 0.440. The summed E-state index contributed by atoms with van der Waals surface area (Å²) in [6.07, 6.45) is 3.60. The van der Waals surface area contributed by atoms with Gasteiger partial charge in [0, 0.05) is 18.7 Å². The van der Waals surface area contributed by atoms with Gasteiger partial charge in [-0.3, -0.25) is 4.90 Å². The number of likely N-dealkylation sites (tertiary alicyclic amines) is 1. The smallest absolute Gasteiger partial charge is 0.288 e. The minimum atomic E-state index is 0.440. The highest BCUT2D eigenvalue weighted by atomic mass is 32.1. The Kier molecular flexibility index (Phi) is 5.27.